The van der Waals surface area contributed by atoms with E-state index in [0.717, 1.165) is 3.92 Å². The van der Waals surface area contributed by atoms with Crippen LogP contribution in [0.1, 0.15) is 17.7 Å². The van der Waals surface area contributed by atoms with Gasteiger partial charge in [-0.25, -0.2) is 0 Å². The molecule has 1 aliphatic carbocycles. The van der Waals surface area contributed by atoms with Crippen molar-refractivity contribution in [3.8, 4) is 0 Å². The average molecular weight is 262 g/mol. The van der Waals surface area contributed by atoms with Crippen molar-refractivity contribution < 1.29 is 0 Å². The Labute approximate surface area is 80.1 Å². The minimum Gasteiger partial charge on any atom is -0.272 e. The van der Waals surface area contributed by atoms with Crippen LogP contribution in [0.3, 0.4) is 0 Å². The molecule has 1 unspecified atom stereocenters. The summed E-state index contributed by atoms with van der Waals surface area (Å²) in [6, 6.07) is 0. The Hall–Kier alpha value is -0.0600. The molecule has 0 aliphatic heterocycles. The predicted octanol–water partition coefficient (Wildman–Crippen LogP) is 1.71. The smallest absolute Gasteiger partial charge is 0.0524 e. The first kappa shape index (κ1) is 7.58. The van der Waals surface area contributed by atoms with Crippen molar-refractivity contribution in [1.29, 1.82) is 0 Å². The van der Waals surface area contributed by atoms with E-state index < -0.39 is 0 Å². The third kappa shape index (κ3) is 1.30. The van der Waals surface area contributed by atoms with Gasteiger partial charge in [0.2, 0.25) is 0 Å². The van der Waals surface area contributed by atoms with E-state index >= 15 is 0 Å². The number of nitrogens with zero attached hydrogens (tertiary/aromatic N) is 2. The zero-order chi connectivity index (χ0) is 7.84. The fourth-order valence-corrected chi connectivity index (χ4v) is 2.42. The van der Waals surface area contributed by atoms with Crippen LogP contribution in [0, 0.1) is 0 Å². The van der Waals surface area contributed by atoms with Crippen LogP contribution in [0.15, 0.2) is 6.20 Å². The highest BCUT2D eigenvalue weighted by atomic mass is 127. The lowest BCUT2D eigenvalue weighted by atomic mass is 9.98. The fraction of sp³-hybridized carbons (Fsp3) is 0.625. The number of hydrogen-bond donors (Lipinski definition) is 0. The minimum absolute atomic E-state index is 0.823. The Kier molecular flexibility index (Phi) is 1.91. The largest absolute Gasteiger partial charge is 0.272 e. The second-order valence-electron chi connectivity index (χ2n) is 3.08. The van der Waals surface area contributed by atoms with Crippen LogP contribution >= 0.6 is 22.6 Å². The highest BCUT2D eigenvalue weighted by Crippen LogP contribution is 2.24. The van der Waals surface area contributed by atoms with Gasteiger partial charge < -0.3 is 0 Å². The number of aryl methyl sites for hydroxylation is 1. The quantitative estimate of drug-likeness (QED) is 0.514. The molecule has 0 spiro atoms. The summed E-state index contributed by atoms with van der Waals surface area (Å²) in [6.45, 7) is 0. The van der Waals surface area contributed by atoms with Crippen LogP contribution in [0.2, 0.25) is 0 Å². The molecule has 0 amide bonds. The Morgan fingerprint density at radius 3 is 3.36 bits per heavy atom. The summed E-state index contributed by atoms with van der Waals surface area (Å²) in [6.07, 6.45) is 5.75. The lowest BCUT2D eigenvalue weighted by molar-refractivity contribution is 0.645. The van der Waals surface area contributed by atoms with Crippen molar-refractivity contribution in [1.82, 2.24) is 9.78 Å². The van der Waals surface area contributed by atoms with E-state index in [4.69, 9.17) is 0 Å². The fourth-order valence-electron chi connectivity index (χ4n) is 1.64. The minimum atomic E-state index is 0.823. The highest BCUT2D eigenvalue weighted by Gasteiger charge is 2.18. The summed E-state index contributed by atoms with van der Waals surface area (Å²) in [5, 5.41) is 4.25. The molecule has 3 heteroatoms. The Bertz CT molecular complexity index is 267. The summed E-state index contributed by atoms with van der Waals surface area (Å²) >= 11 is 2.53. The summed E-state index contributed by atoms with van der Waals surface area (Å²) in [7, 11) is 2.03. The molecule has 1 aliphatic rings. The molecular weight excluding hydrogens is 251 g/mol. The van der Waals surface area contributed by atoms with E-state index in [9.17, 15) is 0 Å². The topological polar surface area (TPSA) is 17.8 Å². The van der Waals surface area contributed by atoms with Crippen molar-refractivity contribution in [2.45, 2.75) is 23.2 Å². The van der Waals surface area contributed by atoms with Crippen molar-refractivity contribution >= 4 is 22.6 Å². The molecular formula is C8H11IN2. The first-order chi connectivity index (χ1) is 5.27. The van der Waals surface area contributed by atoms with E-state index in [1.807, 2.05) is 17.9 Å². The van der Waals surface area contributed by atoms with Crippen LogP contribution in [0.25, 0.3) is 0 Å². The summed E-state index contributed by atoms with van der Waals surface area (Å²) < 4.78 is 2.84. The van der Waals surface area contributed by atoms with E-state index in [1.165, 1.54) is 30.5 Å². The maximum Gasteiger partial charge on any atom is 0.0524 e. The van der Waals surface area contributed by atoms with Crippen LogP contribution in [-0.4, -0.2) is 13.7 Å². The zero-order valence-electron chi connectivity index (χ0n) is 6.55. The number of fused-ring (bicyclic) bond motifs is 1. The molecule has 1 aromatic rings. The summed E-state index contributed by atoms with van der Waals surface area (Å²) in [5.41, 5.74) is 2.90. The molecule has 0 bridgehead atoms. The Morgan fingerprint density at radius 2 is 2.55 bits per heavy atom. The number of halogens is 1. The van der Waals surface area contributed by atoms with Crippen LogP contribution < -0.4 is 0 Å². The standard InChI is InChI=1S/C8H11IN2/c1-11-8-3-2-7(9)4-6(8)5-10-11/h5,7H,2-4H2,1H3. The molecule has 1 aromatic heterocycles. The molecule has 1 atom stereocenters. The van der Waals surface area contributed by atoms with E-state index in [0.29, 0.717) is 0 Å². The molecule has 2 nitrogen and oxygen atoms in total. The average Bonchev–Trinajstić information content (AvgIpc) is 2.32. The van der Waals surface area contributed by atoms with Gasteiger partial charge in [-0.05, 0) is 24.8 Å². The second kappa shape index (κ2) is 2.77. The van der Waals surface area contributed by atoms with Crippen LogP contribution in [0.5, 0.6) is 0 Å². The molecule has 0 N–H and O–H groups in total. The SMILES string of the molecule is Cn1ncc2c1CCC(I)C2. The van der Waals surface area contributed by atoms with Gasteiger partial charge in [-0.1, -0.05) is 22.6 Å². The molecule has 0 saturated heterocycles. The maximum absolute atomic E-state index is 4.25. The normalized spacial score (nSPS) is 23.3. The predicted molar refractivity (Wildman–Crippen MR) is 53.0 cm³/mol. The van der Waals surface area contributed by atoms with Gasteiger partial charge in [0.05, 0.1) is 6.20 Å². The van der Waals surface area contributed by atoms with Crippen LogP contribution in [-0.2, 0) is 19.9 Å². The van der Waals surface area contributed by atoms with Gasteiger partial charge >= 0.3 is 0 Å². The molecule has 1 heterocycles. The molecule has 0 fully saturated rings. The Morgan fingerprint density at radius 1 is 1.73 bits per heavy atom. The van der Waals surface area contributed by atoms with Crippen LogP contribution in [0.4, 0.5) is 0 Å². The van der Waals surface area contributed by atoms with Gasteiger partial charge in [0.25, 0.3) is 0 Å². The van der Waals surface area contributed by atoms with Gasteiger partial charge in [0.1, 0.15) is 0 Å². The first-order valence-electron chi connectivity index (χ1n) is 3.91. The van der Waals surface area contributed by atoms with Crippen molar-refractivity contribution in [3.05, 3.63) is 17.5 Å². The van der Waals surface area contributed by atoms with Gasteiger partial charge in [0.15, 0.2) is 0 Å². The highest BCUT2D eigenvalue weighted by molar-refractivity contribution is 14.1. The zero-order valence-corrected chi connectivity index (χ0v) is 8.71. The van der Waals surface area contributed by atoms with Gasteiger partial charge in [-0.2, -0.15) is 5.10 Å². The number of rotatable bonds is 0. The van der Waals surface area contributed by atoms with Crippen molar-refractivity contribution in [3.63, 3.8) is 0 Å². The molecule has 0 radical (unpaired) electrons. The third-order valence-electron chi connectivity index (χ3n) is 2.28. The summed E-state index contributed by atoms with van der Waals surface area (Å²) in [4.78, 5) is 0. The number of alkyl halides is 1. The number of hydrogen-bond acceptors (Lipinski definition) is 1. The third-order valence-corrected chi connectivity index (χ3v) is 3.35. The maximum atomic E-state index is 4.25. The molecule has 0 saturated carbocycles. The van der Waals surface area contributed by atoms with E-state index in [2.05, 4.69) is 27.7 Å². The van der Waals surface area contributed by atoms with Gasteiger partial charge in [0, 0.05) is 16.7 Å². The lowest BCUT2D eigenvalue weighted by Gasteiger charge is -2.16. The summed E-state index contributed by atoms with van der Waals surface area (Å²) in [5.74, 6) is 0. The van der Waals surface area contributed by atoms with Crippen molar-refractivity contribution in [2.24, 2.45) is 7.05 Å². The molecule has 11 heavy (non-hydrogen) atoms. The second-order valence-corrected chi connectivity index (χ2v) is 4.84. The number of aromatic nitrogens is 2. The van der Waals surface area contributed by atoms with Crippen molar-refractivity contribution in [2.75, 3.05) is 0 Å². The lowest BCUT2D eigenvalue weighted by Crippen LogP contribution is -2.14. The molecule has 2 rings (SSSR count). The molecule has 0 aromatic carbocycles. The van der Waals surface area contributed by atoms with Gasteiger partial charge in [-0.15, -0.1) is 0 Å². The Balaban J connectivity index is 2.36. The van der Waals surface area contributed by atoms with Gasteiger partial charge in [-0.3, -0.25) is 4.68 Å². The van der Waals surface area contributed by atoms with E-state index in [1.54, 1.807) is 0 Å². The molecule has 60 valence electrons. The monoisotopic (exact) mass is 262 g/mol. The van der Waals surface area contributed by atoms with E-state index in [-0.39, 0.29) is 0 Å². The first-order valence-corrected chi connectivity index (χ1v) is 5.16.